The average molecular weight is 275 g/mol. The number of hydrogen-bond donors (Lipinski definition) is 1. The number of rotatable bonds is 3. The van der Waals surface area contributed by atoms with Crippen molar-refractivity contribution in [1.82, 2.24) is 15.2 Å². The normalized spacial score (nSPS) is 24.0. The molecular weight excluding hydrogens is 254 g/mol. The third kappa shape index (κ3) is 3.16. The third-order valence-electron chi connectivity index (χ3n) is 4.00. The Hall–Kier alpha value is -1.46. The van der Waals surface area contributed by atoms with Gasteiger partial charge in [-0.1, -0.05) is 6.07 Å². The molecule has 20 heavy (non-hydrogen) atoms. The van der Waals surface area contributed by atoms with Gasteiger partial charge in [0, 0.05) is 44.0 Å². The number of pyridine rings is 1. The van der Waals surface area contributed by atoms with Crippen LogP contribution in [-0.2, 0) is 16.0 Å². The number of nitrogens with one attached hydrogen (secondary N) is 1. The summed E-state index contributed by atoms with van der Waals surface area (Å²) in [5.74, 6) is 0.785. The van der Waals surface area contributed by atoms with Crippen molar-refractivity contribution in [2.24, 2.45) is 11.8 Å². The number of hydrogen-bond acceptors (Lipinski definition) is 4. The second kappa shape index (κ2) is 6.33. The maximum Gasteiger partial charge on any atom is 0.228 e. The van der Waals surface area contributed by atoms with Crippen LogP contribution in [0.2, 0.25) is 0 Å². The van der Waals surface area contributed by atoms with Crippen molar-refractivity contribution in [2.75, 3.05) is 39.4 Å². The highest BCUT2D eigenvalue weighted by Gasteiger charge is 2.31. The van der Waals surface area contributed by atoms with Gasteiger partial charge in [-0.05, 0) is 18.6 Å². The summed E-state index contributed by atoms with van der Waals surface area (Å²) >= 11 is 0. The first-order valence-corrected chi connectivity index (χ1v) is 7.30. The summed E-state index contributed by atoms with van der Waals surface area (Å²) in [4.78, 5) is 18.7. The molecule has 3 heterocycles. The zero-order valence-corrected chi connectivity index (χ0v) is 11.6. The van der Waals surface area contributed by atoms with E-state index in [0.717, 1.165) is 31.7 Å². The lowest BCUT2D eigenvalue weighted by molar-refractivity contribution is -0.137. The minimum Gasteiger partial charge on any atom is -0.379 e. The Balaban J connectivity index is 1.61. The zero-order valence-electron chi connectivity index (χ0n) is 11.6. The molecule has 0 saturated carbocycles. The van der Waals surface area contributed by atoms with Gasteiger partial charge in [0.15, 0.2) is 0 Å². The van der Waals surface area contributed by atoms with Crippen molar-refractivity contribution in [3.63, 3.8) is 0 Å². The molecule has 0 bridgehead atoms. The van der Waals surface area contributed by atoms with Gasteiger partial charge in [-0.3, -0.25) is 9.78 Å². The molecule has 3 rings (SSSR count). The van der Waals surface area contributed by atoms with Crippen molar-refractivity contribution in [1.29, 1.82) is 0 Å². The smallest absolute Gasteiger partial charge is 0.228 e. The fourth-order valence-electron chi connectivity index (χ4n) is 2.74. The number of amides is 1. The Bertz CT molecular complexity index is 448. The van der Waals surface area contributed by atoms with Gasteiger partial charge in [0.25, 0.3) is 0 Å². The molecule has 1 atom stereocenters. The molecule has 0 radical (unpaired) electrons. The van der Waals surface area contributed by atoms with E-state index < -0.39 is 0 Å². The molecule has 2 saturated heterocycles. The van der Waals surface area contributed by atoms with Gasteiger partial charge in [-0.2, -0.15) is 0 Å². The van der Waals surface area contributed by atoms with Gasteiger partial charge in [-0.25, -0.2) is 0 Å². The molecule has 1 aromatic heterocycles. The summed E-state index contributed by atoms with van der Waals surface area (Å²) < 4.78 is 5.65. The third-order valence-corrected chi connectivity index (χ3v) is 4.00. The first-order valence-electron chi connectivity index (χ1n) is 7.30. The van der Waals surface area contributed by atoms with E-state index in [2.05, 4.69) is 10.3 Å². The summed E-state index contributed by atoms with van der Waals surface area (Å²) in [6.07, 6.45) is 2.68. The zero-order chi connectivity index (χ0) is 13.8. The van der Waals surface area contributed by atoms with Gasteiger partial charge in [-0.15, -0.1) is 0 Å². The highest BCUT2D eigenvalue weighted by molar-refractivity contribution is 5.80. The first-order chi connectivity index (χ1) is 9.83. The van der Waals surface area contributed by atoms with Crippen molar-refractivity contribution < 1.29 is 9.53 Å². The molecule has 0 aliphatic carbocycles. The van der Waals surface area contributed by atoms with Gasteiger partial charge in [0.05, 0.1) is 19.1 Å². The topological polar surface area (TPSA) is 54.5 Å². The van der Waals surface area contributed by atoms with Crippen molar-refractivity contribution >= 4 is 5.91 Å². The van der Waals surface area contributed by atoms with Crippen LogP contribution in [0.1, 0.15) is 5.69 Å². The van der Waals surface area contributed by atoms with Gasteiger partial charge >= 0.3 is 0 Å². The van der Waals surface area contributed by atoms with Gasteiger partial charge in [0.2, 0.25) is 5.91 Å². The van der Waals surface area contributed by atoms with Crippen molar-refractivity contribution in [3.8, 4) is 0 Å². The predicted molar refractivity (Wildman–Crippen MR) is 75.2 cm³/mol. The van der Waals surface area contributed by atoms with E-state index in [1.807, 2.05) is 29.3 Å². The highest BCUT2D eigenvalue weighted by Crippen LogP contribution is 2.16. The molecule has 0 aromatic carbocycles. The molecule has 1 N–H and O–H groups in total. The fraction of sp³-hybridized carbons (Fsp3) is 0.600. The van der Waals surface area contributed by atoms with Gasteiger partial charge < -0.3 is 15.0 Å². The van der Waals surface area contributed by atoms with Crippen LogP contribution >= 0.6 is 0 Å². The van der Waals surface area contributed by atoms with E-state index in [1.165, 1.54) is 0 Å². The second-order valence-electron chi connectivity index (χ2n) is 5.61. The monoisotopic (exact) mass is 275 g/mol. The molecule has 5 nitrogen and oxygen atoms in total. The van der Waals surface area contributed by atoms with Crippen LogP contribution in [0.3, 0.4) is 0 Å². The molecule has 108 valence electrons. The maximum absolute atomic E-state index is 12.3. The van der Waals surface area contributed by atoms with Crippen LogP contribution in [0, 0.1) is 11.8 Å². The molecular formula is C15H21N3O2. The standard InChI is InChI=1S/C15H21N3O2/c19-15(13-8-16-9-13)18-5-6-20-11-12(10-18)7-14-3-1-2-4-17-14/h1-4,12-13,16H,5-11H2/t12-/m0/s1. The largest absolute Gasteiger partial charge is 0.379 e. The van der Waals surface area contributed by atoms with Crippen LogP contribution in [0.5, 0.6) is 0 Å². The summed E-state index contributed by atoms with van der Waals surface area (Å²) in [5, 5.41) is 3.16. The molecule has 2 fully saturated rings. The number of carbonyl (C=O) groups excluding carboxylic acids is 1. The number of ether oxygens (including phenoxy) is 1. The Morgan fingerprint density at radius 1 is 1.45 bits per heavy atom. The summed E-state index contributed by atoms with van der Waals surface area (Å²) in [7, 11) is 0. The SMILES string of the molecule is O=C(C1CNC1)N1CCOC[C@@H](Cc2ccccn2)C1. The van der Waals surface area contributed by atoms with E-state index in [9.17, 15) is 4.79 Å². The highest BCUT2D eigenvalue weighted by atomic mass is 16.5. The lowest BCUT2D eigenvalue weighted by Gasteiger charge is -2.32. The summed E-state index contributed by atoms with van der Waals surface area (Å²) in [6.45, 7) is 4.50. The van der Waals surface area contributed by atoms with E-state index in [4.69, 9.17) is 4.74 Å². The minimum atomic E-state index is 0.170. The quantitative estimate of drug-likeness (QED) is 0.863. The second-order valence-corrected chi connectivity index (χ2v) is 5.61. The Morgan fingerprint density at radius 3 is 3.05 bits per heavy atom. The number of nitrogens with zero attached hydrogens (tertiary/aromatic N) is 2. The van der Waals surface area contributed by atoms with Crippen molar-refractivity contribution in [2.45, 2.75) is 6.42 Å². The predicted octanol–water partition coefficient (Wildman–Crippen LogP) is 0.319. The molecule has 2 aliphatic heterocycles. The molecule has 2 aliphatic rings. The molecule has 1 aromatic rings. The van der Waals surface area contributed by atoms with Crippen LogP contribution in [0.4, 0.5) is 0 Å². The van der Waals surface area contributed by atoms with Gasteiger partial charge in [0.1, 0.15) is 0 Å². The lowest BCUT2D eigenvalue weighted by Crippen LogP contribution is -2.53. The van der Waals surface area contributed by atoms with Crippen LogP contribution in [0.15, 0.2) is 24.4 Å². The Morgan fingerprint density at radius 2 is 2.35 bits per heavy atom. The molecule has 0 unspecified atom stereocenters. The van der Waals surface area contributed by atoms with E-state index in [0.29, 0.717) is 25.7 Å². The Labute approximate surface area is 119 Å². The molecule has 0 spiro atoms. The van der Waals surface area contributed by atoms with E-state index >= 15 is 0 Å². The lowest BCUT2D eigenvalue weighted by atomic mass is 9.99. The maximum atomic E-state index is 12.3. The van der Waals surface area contributed by atoms with E-state index in [1.54, 1.807) is 0 Å². The summed E-state index contributed by atoms with van der Waals surface area (Å²) in [5.41, 5.74) is 1.07. The number of aromatic nitrogens is 1. The Kier molecular flexibility index (Phi) is 4.28. The number of carbonyl (C=O) groups is 1. The molecule has 1 amide bonds. The van der Waals surface area contributed by atoms with Crippen LogP contribution in [-0.4, -0.2) is 55.2 Å². The first kappa shape index (κ1) is 13.5. The fourth-order valence-corrected chi connectivity index (χ4v) is 2.74. The minimum absolute atomic E-state index is 0.170. The average Bonchev–Trinajstić information content (AvgIpc) is 2.63. The van der Waals surface area contributed by atoms with Crippen molar-refractivity contribution in [3.05, 3.63) is 30.1 Å². The van der Waals surface area contributed by atoms with Crippen LogP contribution in [0.25, 0.3) is 0 Å². The van der Waals surface area contributed by atoms with E-state index in [-0.39, 0.29) is 11.8 Å². The summed E-state index contributed by atoms with van der Waals surface area (Å²) in [6, 6.07) is 5.96. The van der Waals surface area contributed by atoms with Crippen LogP contribution < -0.4 is 5.32 Å². The molecule has 5 heteroatoms.